The van der Waals surface area contributed by atoms with E-state index in [9.17, 15) is 10.1 Å². The summed E-state index contributed by atoms with van der Waals surface area (Å²) in [5.41, 5.74) is 0.761. The van der Waals surface area contributed by atoms with Crippen molar-refractivity contribution in [3.63, 3.8) is 0 Å². The number of hydrogen-bond donors (Lipinski definition) is 2. The third-order valence-electron chi connectivity index (χ3n) is 4.50. The Kier molecular flexibility index (Phi) is 8.76. The lowest BCUT2D eigenvalue weighted by molar-refractivity contribution is -0.385. The van der Waals surface area contributed by atoms with Crippen LogP contribution in [0.2, 0.25) is 5.02 Å². The number of methoxy groups -OCH3 is 1. The van der Waals surface area contributed by atoms with Crippen molar-refractivity contribution in [3.05, 3.63) is 32.8 Å². The van der Waals surface area contributed by atoms with Crippen LogP contribution in [0.15, 0.2) is 12.1 Å². The van der Waals surface area contributed by atoms with Gasteiger partial charge in [-0.3, -0.25) is 10.1 Å². The molecule has 1 atom stereocenters. The summed E-state index contributed by atoms with van der Waals surface area (Å²) in [6, 6.07) is 3.49. The summed E-state index contributed by atoms with van der Waals surface area (Å²) in [4.78, 5) is 10.5. The molecule has 2 rings (SSSR count). The van der Waals surface area contributed by atoms with E-state index in [1.165, 1.54) is 26.0 Å². The summed E-state index contributed by atoms with van der Waals surface area (Å²) in [6.07, 6.45) is 3.10. The SMILES string of the molecule is COc1cc(CCN[C@@H](C)C2CCNCC2)c(Cl)cc1[N+](=O)[O-].Cl. The Balaban J connectivity index is 0.00000288. The van der Waals surface area contributed by atoms with Crippen LogP contribution in [0.5, 0.6) is 5.75 Å². The maximum Gasteiger partial charge on any atom is 0.312 e. The molecule has 0 aliphatic carbocycles. The molecule has 1 heterocycles. The van der Waals surface area contributed by atoms with Crippen molar-refractivity contribution in [2.24, 2.45) is 5.92 Å². The van der Waals surface area contributed by atoms with E-state index >= 15 is 0 Å². The van der Waals surface area contributed by atoms with Crippen molar-refractivity contribution in [1.82, 2.24) is 10.6 Å². The Hall–Kier alpha value is -1.08. The van der Waals surface area contributed by atoms with Gasteiger partial charge in [0, 0.05) is 12.1 Å². The summed E-state index contributed by atoms with van der Waals surface area (Å²) < 4.78 is 5.10. The molecule has 1 aliphatic rings. The molecule has 0 unspecified atom stereocenters. The number of nitrogens with one attached hydrogen (secondary N) is 2. The topological polar surface area (TPSA) is 76.4 Å². The first-order valence-corrected chi connectivity index (χ1v) is 8.35. The third kappa shape index (κ3) is 5.48. The number of rotatable bonds is 7. The molecular weight excluding hydrogens is 353 g/mol. The Morgan fingerprint density at radius 1 is 1.46 bits per heavy atom. The molecule has 1 aliphatic heterocycles. The summed E-state index contributed by atoms with van der Waals surface area (Å²) in [7, 11) is 1.43. The molecule has 0 amide bonds. The largest absolute Gasteiger partial charge is 0.490 e. The van der Waals surface area contributed by atoms with Gasteiger partial charge in [-0.25, -0.2) is 0 Å². The number of piperidine rings is 1. The standard InChI is InChI=1S/C16H24ClN3O3.ClH/c1-11(12-3-6-18-7-4-12)19-8-5-13-9-16(23-2)15(20(21)22)10-14(13)17;/h9-12,18-19H,3-8H2,1-2H3;1H/t11-;/m0./s1. The molecule has 24 heavy (non-hydrogen) atoms. The highest BCUT2D eigenvalue weighted by molar-refractivity contribution is 6.31. The van der Waals surface area contributed by atoms with Gasteiger partial charge in [0.1, 0.15) is 0 Å². The van der Waals surface area contributed by atoms with Gasteiger partial charge < -0.3 is 15.4 Å². The van der Waals surface area contributed by atoms with Crippen molar-refractivity contribution in [3.8, 4) is 5.75 Å². The van der Waals surface area contributed by atoms with Crippen LogP contribution in [0.4, 0.5) is 5.69 Å². The van der Waals surface area contributed by atoms with E-state index in [2.05, 4.69) is 17.6 Å². The lowest BCUT2D eigenvalue weighted by Gasteiger charge is -2.29. The minimum absolute atomic E-state index is 0. The minimum atomic E-state index is -0.480. The maximum atomic E-state index is 11.0. The van der Waals surface area contributed by atoms with E-state index in [0.29, 0.717) is 23.4 Å². The molecule has 0 aromatic heterocycles. The molecule has 1 aromatic rings. The average Bonchev–Trinajstić information content (AvgIpc) is 2.56. The van der Waals surface area contributed by atoms with E-state index in [-0.39, 0.29) is 23.8 Å². The molecule has 1 fully saturated rings. The van der Waals surface area contributed by atoms with Crippen LogP contribution in [0.25, 0.3) is 0 Å². The van der Waals surface area contributed by atoms with Crippen molar-refractivity contribution in [2.75, 3.05) is 26.7 Å². The molecule has 0 saturated carbocycles. The van der Waals surface area contributed by atoms with Gasteiger partial charge in [0.05, 0.1) is 17.1 Å². The highest BCUT2D eigenvalue weighted by atomic mass is 35.5. The molecule has 6 nitrogen and oxygen atoms in total. The van der Waals surface area contributed by atoms with E-state index in [4.69, 9.17) is 16.3 Å². The summed E-state index contributed by atoms with van der Waals surface area (Å²) in [6.45, 7) is 5.17. The van der Waals surface area contributed by atoms with E-state index in [0.717, 1.165) is 25.2 Å². The van der Waals surface area contributed by atoms with Crippen molar-refractivity contribution >= 4 is 29.7 Å². The fourth-order valence-corrected chi connectivity index (χ4v) is 3.28. The third-order valence-corrected chi connectivity index (χ3v) is 4.85. The highest BCUT2D eigenvalue weighted by Gasteiger charge is 2.20. The Morgan fingerprint density at radius 2 is 2.12 bits per heavy atom. The highest BCUT2D eigenvalue weighted by Crippen LogP contribution is 2.33. The van der Waals surface area contributed by atoms with Crippen LogP contribution in [0.1, 0.15) is 25.3 Å². The van der Waals surface area contributed by atoms with Gasteiger partial charge in [-0.1, -0.05) is 11.6 Å². The predicted molar refractivity (Wildman–Crippen MR) is 98.7 cm³/mol. The van der Waals surface area contributed by atoms with Gasteiger partial charge in [0.25, 0.3) is 0 Å². The minimum Gasteiger partial charge on any atom is -0.490 e. The van der Waals surface area contributed by atoms with E-state index < -0.39 is 4.92 Å². The second-order valence-corrected chi connectivity index (χ2v) is 6.36. The normalized spacial score (nSPS) is 16.3. The molecule has 1 aromatic carbocycles. The summed E-state index contributed by atoms with van der Waals surface area (Å²) in [5, 5.41) is 18.3. The maximum absolute atomic E-state index is 11.0. The zero-order valence-electron chi connectivity index (χ0n) is 14.0. The molecule has 0 radical (unpaired) electrons. The number of halogens is 2. The molecule has 0 bridgehead atoms. The summed E-state index contributed by atoms with van der Waals surface area (Å²) in [5.74, 6) is 0.943. The zero-order chi connectivity index (χ0) is 16.8. The zero-order valence-corrected chi connectivity index (χ0v) is 15.6. The van der Waals surface area contributed by atoms with E-state index in [1.54, 1.807) is 6.07 Å². The van der Waals surface area contributed by atoms with Crippen LogP contribution in [-0.4, -0.2) is 37.7 Å². The van der Waals surface area contributed by atoms with Crippen molar-refractivity contribution in [1.29, 1.82) is 0 Å². The molecule has 2 N–H and O–H groups in total. The second kappa shape index (κ2) is 10.0. The smallest absolute Gasteiger partial charge is 0.312 e. The molecule has 0 spiro atoms. The van der Waals surface area contributed by atoms with Crippen LogP contribution in [0, 0.1) is 16.0 Å². The summed E-state index contributed by atoms with van der Waals surface area (Å²) >= 11 is 6.17. The first kappa shape index (κ1) is 21.0. The number of nitro groups is 1. The Labute approximate surface area is 153 Å². The van der Waals surface area contributed by atoms with Crippen molar-refractivity contribution in [2.45, 2.75) is 32.2 Å². The van der Waals surface area contributed by atoms with Gasteiger partial charge in [0.2, 0.25) is 0 Å². The quantitative estimate of drug-likeness (QED) is 0.563. The van der Waals surface area contributed by atoms with Crippen LogP contribution in [-0.2, 0) is 6.42 Å². The van der Waals surface area contributed by atoms with Gasteiger partial charge in [0.15, 0.2) is 5.75 Å². The number of benzene rings is 1. The number of nitro benzene ring substituents is 1. The lowest BCUT2D eigenvalue weighted by atomic mass is 9.91. The van der Waals surface area contributed by atoms with Gasteiger partial charge in [-0.15, -0.1) is 12.4 Å². The van der Waals surface area contributed by atoms with E-state index in [1.807, 2.05) is 0 Å². The number of ether oxygens (including phenoxy) is 1. The monoisotopic (exact) mass is 377 g/mol. The lowest BCUT2D eigenvalue weighted by Crippen LogP contribution is -2.40. The first-order valence-electron chi connectivity index (χ1n) is 7.97. The van der Waals surface area contributed by atoms with Gasteiger partial charge in [-0.2, -0.15) is 0 Å². The Morgan fingerprint density at radius 3 is 2.71 bits per heavy atom. The van der Waals surface area contributed by atoms with Gasteiger partial charge in [-0.05, 0) is 63.4 Å². The average molecular weight is 378 g/mol. The Bertz CT molecular complexity index is 552. The van der Waals surface area contributed by atoms with Crippen LogP contribution < -0.4 is 15.4 Å². The van der Waals surface area contributed by atoms with Crippen LogP contribution >= 0.6 is 24.0 Å². The second-order valence-electron chi connectivity index (χ2n) is 5.95. The molecule has 136 valence electrons. The predicted octanol–water partition coefficient (Wildman–Crippen LogP) is 3.20. The fourth-order valence-electron chi connectivity index (χ4n) is 3.03. The molecule has 8 heteroatoms. The van der Waals surface area contributed by atoms with Crippen molar-refractivity contribution < 1.29 is 9.66 Å². The fraction of sp³-hybridized carbons (Fsp3) is 0.625. The number of nitrogens with zero attached hydrogens (tertiary/aromatic N) is 1. The molecular formula is C16H25Cl2N3O3. The first-order chi connectivity index (χ1) is 11.0. The van der Waals surface area contributed by atoms with Crippen LogP contribution in [0.3, 0.4) is 0 Å². The molecule has 1 saturated heterocycles. The number of hydrogen-bond acceptors (Lipinski definition) is 5. The van der Waals surface area contributed by atoms with Gasteiger partial charge >= 0.3 is 5.69 Å².